The van der Waals surface area contributed by atoms with Gasteiger partial charge < -0.3 is 14.8 Å². The van der Waals surface area contributed by atoms with Gasteiger partial charge in [0.2, 0.25) is 0 Å². The molecule has 1 aliphatic carbocycles. The van der Waals surface area contributed by atoms with E-state index in [1.807, 2.05) is 12.3 Å². The molecular formula is C22H28N2O4S. The maximum atomic E-state index is 12.4. The molecule has 3 rings (SSSR count). The minimum atomic E-state index is -0.833. The highest BCUT2D eigenvalue weighted by molar-refractivity contribution is 7.09. The molecule has 3 unspecified atom stereocenters. The average Bonchev–Trinajstić information content (AvgIpc) is 3.13. The Morgan fingerprint density at radius 2 is 1.97 bits per heavy atom. The summed E-state index contributed by atoms with van der Waals surface area (Å²) in [7, 11) is 0. The van der Waals surface area contributed by atoms with Gasteiger partial charge in [0.1, 0.15) is 12.4 Å². The molecule has 0 spiro atoms. The number of esters is 1. The van der Waals surface area contributed by atoms with Crippen LogP contribution < -0.4 is 10.1 Å². The Labute approximate surface area is 175 Å². The first-order chi connectivity index (χ1) is 13.9. The fourth-order valence-corrected chi connectivity index (χ4v) is 4.03. The van der Waals surface area contributed by atoms with E-state index in [0.29, 0.717) is 23.8 Å². The maximum Gasteiger partial charge on any atom is 0.338 e. The number of nitrogens with one attached hydrogen (secondary N) is 1. The van der Waals surface area contributed by atoms with Gasteiger partial charge in [-0.15, -0.1) is 11.3 Å². The highest BCUT2D eigenvalue weighted by atomic mass is 32.1. The van der Waals surface area contributed by atoms with Gasteiger partial charge in [-0.25, -0.2) is 9.78 Å². The summed E-state index contributed by atoms with van der Waals surface area (Å²) in [5.74, 6) is 0.335. The van der Waals surface area contributed by atoms with Crippen LogP contribution in [0.25, 0.3) is 0 Å². The number of thiazole rings is 1. The third-order valence-corrected chi connectivity index (χ3v) is 6.06. The molecule has 0 radical (unpaired) electrons. The molecule has 3 atom stereocenters. The van der Waals surface area contributed by atoms with Crippen molar-refractivity contribution >= 4 is 23.2 Å². The third kappa shape index (κ3) is 6.03. The van der Waals surface area contributed by atoms with Crippen LogP contribution in [0.4, 0.5) is 0 Å². The molecule has 1 heterocycles. The van der Waals surface area contributed by atoms with Crippen molar-refractivity contribution in [3.63, 3.8) is 0 Å². The van der Waals surface area contributed by atoms with Gasteiger partial charge in [-0.1, -0.05) is 19.8 Å². The first-order valence-corrected chi connectivity index (χ1v) is 11.0. The van der Waals surface area contributed by atoms with E-state index in [4.69, 9.17) is 9.47 Å². The summed E-state index contributed by atoms with van der Waals surface area (Å²) in [5.41, 5.74) is 1.26. The summed E-state index contributed by atoms with van der Waals surface area (Å²) < 4.78 is 11.0. The molecule has 1 aromatic carbocycles. The third-order valence-electron chi connectivity index (χ3n) is 5.24. The molecule has 1 N–H and O–H groups in total. The molecule has 29 heavy (non-hydrogen) atoms. The average molecular weight is 417 g/mol. The van der Waals surface area contributed by atoms with Crippen LogP contribution in [0.5, 0.6) is 5.75 Å². The van der Waals surface area contributed by atoms with Crippen molar-refractivity contribution in [3.8, 4) is 5.75 Å². The molecule has 156 valence electrons. The van der Waals surface area contributed by atoms with E-state index >= 15 is 0 Å². The number of aromatic nitrogens is 1. The highest BCUT2D eigenvalue weighted by Gasteiger charge is 2.26. The Hall–Kier alpha value is -2.41. The second-order valence-electron chi connectivity index (χ2n) is 7.60. The summed E-state index contributed by atoms with van der Waals surface area (Å²) in [6.45, 7) is 6.09. The fourth-order valence-electron chi connectivity index (χ4n) is 3.43. The van der Waals surface area contributed by atoms with Crippen LogP contribution in [0.15, 0.2) is 29.6 Å². The normalized spacial score (nSPS) is 20.0. The number of benzene rings is 1. The standard InChI is InChI=1S/C22H28N2O4S/c1-14-6-4-5-7-20(14)24-21(25)15(2)28-22(26)17-8-10-19(11-9-17)27-12-18-13-29-16(3)23-18/h8-11,13-15,20H,4-7,12H2,1-3H3,(H,24,25). The molecule has 1 aromatic heterocycles. The van der Waals surface area contributed by atoms with Crippen molar-refractivity contribution in [1.29, 1.82) is 0 Å². The van der Waals surface area contributed by atoms with Crippen LogP contribution in [-0.2, 0) is 16.1 Å². The molecule has 2 aromatic rings. The zero-order valence-electron chi connectivity index (χ0n) is 17.1. The molecule has 7 heteroatoms. The van der Waals surface area contributed by atoms with Crippen LogP contribution in [0.1, 0.15) is 60.6 Å². The van der Waals surface area contributed by atoms with E-state index < -0.39 is 12.1 Å². The lowest BCUT2D eigenvalue weighted by Gasteiger charge is -2.30. The zero-order valence-corrected chi connectivity index (χ0v) is 18.0. The lowest BCUT2D eigenvalue weighted by atomic mass is 9.86. The summed E-state index contributed by atoms with van der Waals surface area (Å²) in [4.78, 5) is 29.1. The van der Waals surface area contributed by atoms with Crippen LogP contribution in [0.2, 0.25) is 0 Å². The summed E-state index contributed by atoms with van der Waals surface area (Å²) in [6.07, 6.45) is 3.60. The van der Waals surface area contributed by atoms with Crippen LogP contribution in [0.3, 0.4) is 0 Å². The molecule has 0 aliphatic heterocycles. The van der Waals surface area contributed by atoms with Gasteiger partial charge in [0.05, 0.1) is 16.3 Å². The number of hydrogen-bond acceptors (Lipinski definition) is 6. The molecule has 1 amide bonds. The zero-order chi connectivity index (χ0) is 20.8. The van der Waals surface area contributed by atoms with Crippen molar-refractivity contribution < 1.29 is 19.1 Å². The van der Waals surface area contributed by atoms with Crippen LogP contribution in [-0.4, -0.2) is 29.0 Å². The number of ether oxygens (including phenoxy) is 2. The quantitative estimate of drug-likeness (QED) is 0.682. The minimum absolute atomic E-state index is 0.162. The Morgan fingerprint density at radius 3 is 2.62 bits per heavy atom. The van der Waals surface area contributed by atoms with E-state index in [-0.39, 0.29) is 11.9 Å². The minimum Gasteiger partial charge on any atom is -0.487 e. The van der Waals surface area contributed by atoms with E-state index in [9.17, 15) is 9.59 Å². The molecule has 0 bridgehead atoms. The summed E-state index contributed by atoms with van der Waals surface area (Å²) in [6, 6.07) is 6.86. The monoisotopic (exact) mass is 416 g/mol. The van der Waals surface area contributed by atoms with Crippen molar-refractivity contribution in [3.05, 3.63) is 45.9 Å². The first kappa shape index (κ1) is 21.3. The molecule has 0 saturated heterocycles. The summed E-state index contributed by atoms with van der Waals surface area (Å²) >= 11 is 1.58. The number of amides is 1. The van der Waals surface area contributed by atoms with Crippen molar-refractivity contribution in [2.24, 2.45) is 5.92 Å². The number of aryl methyl sites for hydroxylation is 1. The van der Waals surface area contributed by atoms with Gasteiger partial charge in [0, 0.05) is 11.4 Å². The number of nitrogens with zero attached hydrogens (tertiary/aromatic N) is 1. The molecule has 1 aliphatic rings. The van der Waals surface area contributed by atoms with Crippen molar-refractivity contribution in [2.45, 2.75) is 65.2 Å². The van der Waals surface area contributed by atoms with Gasteiger partial charge in [-0.05, 0) is 56.9 Å². The SMILES string of the molecule is Cc1nc(COc2ccc(C(=O)OC(C)C(=O)NC3CCCCC3C)cc2)cs1. The maximum absolute atomic E-state index is 12.4. The van der Waals surface area contributed by atoms with Gasteiger partial charge >= 0.3 is 5.97 Å². The Balaban J connectivity index is 1.48. The lowest BCUT2D eigenvalue weighted by molar-refractivity contribution is -0.130. The molecule has 6 nitrogen and oxygen atoms in total. The van der Waals surface area contributed by atoms with Gasteiger partial charge in [0.25, 0.3) is 5.91 Å². The molecule has 1 fully saturated rings. The van der Waals surface area contributed by atoms with Gasteiger partial charge in [-0.2, -0.15) is 0 Å². The van der Waals surface area contributed by atoms with Crippen LogP contribution in [0, 0.1) is 12.8 Å². The number of carbonyl (C=O) groups excluding carboxylic acids is 2. The smallest absolute Gasteiger partial charge is 0.338 e. The fraction of sp³-hybridized carbons (Fsp3) is 0.500. The van der Waals surface area contributed by atoms with Crippen molar-refractivity contribution in [1.82, 2.24) is 10.3 Å². The molecule has 1 saturated carbocycles. The summed E-state index contributed by atoms with van der Waals surface area (Å²) in [5, 5.41) is 5.98. The van der Waals surface area contributed by atoms with Crippen LogP contribution >= 0.6 is 11.3 Å². The predicted molar refractivity (Wildman–Crippen MR) is 112 cm³/mol. The topological polar surface area (TPSA) is 77.5 Å². The number of rotatable bonds is 7. The highest BCUT2D eigenvalue weighted by Crippen LogP contribution is 2.24. The van der Waals surface area contributed by atoms with E-state index in [1.54, 1.807) is 42.5 Å². The van der Waals surface area contributed by atoms with Gasteiger partial charge in [-0.3, -0.25) is 4.79 Å². The van der Waals surface area contributed by atoms with E-state index in [0.717, 1.165) is 30.0 Å². The van der Waals surface area contributed by atoms with Gasteiger partial charge in [0.15, 0.2) is 6.10 Å². The Bertz CT molecular complexity index is 834. The molecular weight excluding hydrogens is 388 g/mol. The largest absolute Gasteiger partial charge is 0.487 e. The second-order valence-corrected chi connectivity index (χ2v) is 8.66. The lowest BCUT2D eigenvalue weighted by Crippen LogP contribution is -2.45. The van der Waals surface area contributed by atoms with E-state index in [1.165, 1.54) is 6.42 Å². The Morgan fingerprint density at radius 1 is 1.24 bits per heavy atom. The van der Waals surface area contributed by atoms with Crippen molar-refractivity contribution in [2.75, 3.05) is 0 Å². The number of carbonyl (C=O) groups is 2. The first-order valence-electron chi connectivity index (χ1n) is 10.1. The number of hydrogen-bond donors (Lipinski definition) is 1. The predicted octanol–water partition coefficient (Wildman–Crippen LogP) is 4.27. The van der Waals surface area contributed by atoms with E-state index in [2.05, 4.69) is 17.2 Å². The second kappa shape index (κ2) is 9.87. The Kier molecular flexibility index (Phi) is 7.25.